The number of rotatable bonds is 0. The van der Waals surface area contributed by atoms with Crippen molar-refractivity contribution >= 4 is 9.84 Å². The predicted octanol–water partition coefficient (Wildman–Crippen LogP) is -2.17. The number of sulfone groups is 1. The average Bonchev–Trinajstić information content (AvgIpc) is 2.10. The van der Waals surface area contributed by atoms with Crippen LogP contribution in [-0.2, 0) is 9.84 Å². The fraction of sp³-hybridized carbons (Fsp3) is 0.818. The summed E-state index contributed by atoms with van der Waals surface area (Å²) in [5.41, 5.74) is 1.42. The summed E-state index contributed by atoms with van der Waals surface area (Å²) in [4.78, 5) is 0. The van der Waals surface area contributed by atoms with E-state index in [1.165, 1.54) is 5.57 Å². The molecule has 94 valence electrons. The first-order chi connectivity index (χ1) is 6.91. The van der Waals surface area contributed by atoms with Gasteiger partial charge in [0.05, 0.1) is 31.1 Å². The molecule has 0 aliphatic carbocycles. The van der Waals surface area contributed by atoms with Crippen molar-refractivity contribution in [2.24, 2.45) is 5.92 Å². The van der Waals surface area contributed by atoms with E-state index in [1.54, 1.807) is 0 Å². The Bertz CT molecular complexity index is 375. The summed E-state index contributed by atoms with van der Waals surface area (Å²) in [6, 6.07) is 0. The third-order valence-electron chi connectivity index (χ3n) is 3.58. The van der Waals surface area contributed by atoms with Crippen LogP contribution < -0.4 is 12.4 Å². The van der Waals surface area contributed by atoms with Crippen molar-refractivity contribution in [3.8, 4) is 0 Å². The lowest BCUT2D eigenvalue weighted by Gasteiger charge is -2.45. The van der Waals surface area contributed by atoms with Crippen LogP contribution in [0.3, 0.4) is 0 Å². The zero-order chi connectivity index (χ0) is 11.1. The second-order valence-electron chi connectivity index (χ2n) is 5.27. The number of quaternary nitrogens is 1. The fourth-order valence-electron chi connectivity index (χ4n) is 3.02. The monoisotopic (exact) mass is 265 g/mol. The number of halogens is 1. The van der Waals surface area contributed by atoms with E-state index in [9.17, 15) is 8.42 Å². The second kappa shape index (κ2) is 4.67. The summed E-state index contributed by atoms with van der Waals surface area (Å²) < 4.78 is 23.8. The van der Waals surface area contributed by atoms with Gasteiger partial charge in [0, 0.05) is 5.92 Å². The van der Waals surface area contributed by atoms with Crippen molar-refractivity contribution in [3.63, 3.8) is 0 Å². The first kappa shape index (κ1) is 14.0. The molecule has 3 nitrogen and oxygen atoms in total. The lowest BCUT2D eigenvalue weighted by Crippen LogP contribution is -3.00. The number of nitrogens with zero attached hydrogens (tertiary/aromatic N) is 1. The molecule has 5 heteroatoms. The zero-order valence-corrected chi connectivity index (χ0v) is 11.5. The highest BCUT2D eigenvalue weighted by Gasteiger charge is 2.38. The molecule has 2 aliphatic rings. The molecular weight excluding hydrogens is 246 g/mol. The van der Waals surface area contributed by atoms with Crippen LogP contribution in [0.1, 0.15) is 13.8 Å². The Hall–Kier alpha value is -0.0600. The normalized spacial score (nSPS) is 31.6. The van der Waals surface area contributed by atoms with Crippen LogP contribution in [-0.4, -0.2) is 50.6 Å². The molecule has 0 aromatic heterocycles. The number of hydrogen-bond donors (Lipinski definition) is 0. The molecule has 1 saturated heterocycles. The summed E-state index contributed by atoms with van der Waals surface area (Å²) in [5, 5.41) is 0. The van der Waals surface area contributed by atoms with Gasteiger partial charge in [0.2, 0.25) is 0 Å². The molecule has 16 heavy (non-hydrogen) atoms. The Morgan fingerprint density at radius 2 is 1.88 bits per heavy atom. The number of hydrogen-bond acceptors (Lipinski definition) is 2. The molecule has 1 fully saturated rings. The molecule has 0 aromatic carbocycles. The van der Waals surface area contributed by atoms with Crippen molar-refractivity contribution in [1.82, 2.24) is 0 Å². The Labute approximate surface area is 104 Å². The molecule has 0 N–H and O–H groups in total. The van der Waals surface area contributed by atoms with Gasteiger partial charge >= 0.3 is 0 Å². The van der Waals surface area contributed by atoms with Crippen LogP contribution in [0.15, 0.2) is 11.6 Å². The van der Waals surface area contributed by atoms with Crippen molar-refractivity contribution in [3.05, 3.63) is 11.6 Å². The molecule has 0 bridgehead atoms. The Kier molecular flexibility index (Phi) is 4.08. The standard InChI is InChI=1S/C11H20NO2S.ClH/c1-10-7-11(2)9-12(8-10)3-5-15(13,14)6-4-12;/h7,10H,3-6,8-9H2,1-2H3;1H/q+1;/p-1. The smallest absolute Gasteiger partial charge is 0.161 e. The minimum absolute atomic E-state index is 0. The molecule has 0 aromatic rings. The van der Waals surface area contributed by atoms with Crippen LogP contribution >= 0.6 is 0 Å². The van der Waals surface area contributed by atoms with Gasteiger partial charge in [-0.05, 0) is 12.5 Å². The maximum atomic E-state index is 11.4. The molecule has 0 radical (unpaired) electrons. The Morgan fingerprint density at radius 3 is 2.38 bits per heavy atom. The summed E-state index contributed by atoms with van der Waals surface area (Å²) in [6.45, 7) is 8.20. The molecule has 2 rings (SSSR count). The van der Waals surface area contributed by atoms with Crippen LogP contribution in [0, 0.1) is 5.92 Å². The van der Waals surface area contributed by atoms with Crippen LogP contribution in [0.4, 0.5) is 0 Å². The van der Waals surface area contributed by atoms with Gasteiger partial charge in [-0.2, -0.15) is 0 Å². The first-order valence-electron chi connectivity index (χ1n) is 5.64. The van der Waals surface area contributed by atoms with Gasteiger partial charge in [-0.15, -0.1) is 0 Å². The van der Waals surface area contributed by atoms with E-state index in [2.05, 4.69) is 19.9 Å². The van der Waals surface area contributed by atoms with Gasteiger partial charge in [0.25, 0.3) is 0 Å². The lowest BCUT2D eigenvalue weighted by molar-refractivity contribution is -0.924. The van der Waals surface area contributed by atoms with Crippen LogP contribution in [0.5, 0.6) is 0 Å². The van der Waals surface area contributed by atoms with Gasteiger partial charge in [-0.1, -0.05) is 13.0 Å². The van der Waals surface area contributed by atoms with E-state index in [0.717, 1.165) is 30.7 Å². The minimum atomic E-state index is -2.73. The molecule has 2 aliphatic heterocycles. The van der Waals surface area contributed by atoms with Gasteiger partial charge < -0.3 is 16.9 Å². The van der Waals surface area contributed by atoms with Gasteiger partial charge in [0.1, 0.15) is 6.54 Å². The van der Waals surface area contributed by atoms with Crippen molar-refractivity contribution < 1.29 is 25.3 Å². The van der Waals surface area contributed by atoms with Crippen LogP contribution in [0.25, 0.3) is 0 Å². The third-order valence-corrected chi connectivity index (χ3v) is 5.19. The first-order valence-corrected chi connectivity index (χ1v) is 7.46. The van der Waals surface area contributed by atoms with E-state index >= 15 is 0 Å². The van der Waals surface area contributed by atoms with Gasteiger partial charge in [-0.3, -0.25) is 0 Å². The topological polar surface area (TPSA) is 34.1 Å². The van der Waals surface area contributed by atoms with E-state index < -0.39 is 9.84 Å². The highest BCUT2D eigenvalue weighted by atomic mass is 35.5. The highest BCUT2D eigenvalue weighted by molar-refractivity contribution is 7.91. The van der Waals surface area contributed by atoms with Crippen molar-refractivity contribution in [1.29, 1.82) is 0 Å². The summed E-state index contributed by atoms with van der Waals surface area (Å²) in [5.74, 6) is 1.36. The molecule has 0 saturated carbocycles. The summed E-state index contributed by atoms with van der Waals surface area (Å²) in [6.07, 6.45) is 2.33. The van der Waals surface area contributed by atoms with E-state index in [-0.39, 0.29) is 12.4 Å². The van der Waals surface area contributed by atoms with Crippen molar-refractivity contribution in [2.75, 3.05) is 37.7 Å². The summed E-state index contributed by atoms with van der Waals surface area (Å²) in [7, 11) is -2.73. The SMILES string of the molecule is CC1=CC(C)C[N+]2(CCS(=O)(=O)CC2)C1.[Cl-]. The minimum Gasteiger partial charge on any atom is -1.00 e. The maximum absolute atomic E-state index is 11.4. The molecule has 2 heterocycles. The zero-order valence-electron chi connectivity index (χ0n) is 9.95. The van der Waals surface area contributed by atoms with Crippen LogP contribution in [0.2, 0.25) is 0 Å². The van der Waals surface area contributed by atoms with E-state index in [4.69, 9.17) is 0 Å². The second-order valence-corrected chi connectivity index (χ2v) is 7.58. The molecule has 1 atom stereocenters. The van der Waals surface area contributed by atoms with E-state index in [0.29, 0.717) is 17.4 Å². The quantitative estimate of drug-likeness (QED) is 0.369. The Morgan fingerprint density at radius 1 is 1.31 bits per heavy atom. The average molecular weight is 266 g/mol. The van der Waals surface area contributed by atoms with Gasteiger partial charge in [-0.25, -0.2) is 8.42 Å². The predicted molar refractivity (Wildman–Crippen MR) is 61.3 cm³/mol. The molecule has 0 amide bonds. The Balaban J connectivity index is 0.00000128. The van der Waals surface area contributed by atoms with E-state index in [1.807, 2.05) is 0 Å². The molecule has 1 spiro atoms. The summed E-state index contributed by atoms with van der Waals surface area (Å²) >= 11 is 0. The highest BCUT2D eigenvalue weighted by Crippen LogP contribution is 2.25. The third kappa shape index (κ3) is 2.99. The van der Waals surface area contributed by atoms with Gasteiger partial charge in [0.15, 0.2) is 9.84 Å². The fourth-order valence-corrected chi connectivity index (χ4v) is 4.55. The maximum Gasteiger partial charge on any atom is 0.161 e. The largest absolute Gasteiger partial charge is 1.00 e. The molecule has 1 unspecified atom stereocenters. The van der Waals surface area contributed by atoms with Crippen molar-refractivity contribution in [2.45, 2.75) is 13.8 Å². The molecular formula is C11H20ClNO2S. The lowest BCUT2D eigenvalue weighted by atomic mass is 9.99.